The number of carbonyl (C=O) groups excluding carboxylic acids is 1. The molecule has 3 rings (SSSR count). The summed E-state index contributed by atoms with van der Waals surface area (Å²) in [6.45, 7) is -0.0329. The van der Waals surface area contributed by atoms with Gasteiger partial charge in [-0.05, 0) is 37.7 Å². The van der Waals surface area contributed by atoms with Crippen LogP contribution in [0.3, 0.4) is 0 Å². The minimum absolute atomic E-state index is 0.0329. The van der Waals surface area contributed by atoms with Crippen LogP contribution in [0.15, 0.2) is 18.3 Å². The van der Waals surface area contributed by atoms with Gasteiger partial charge in [-0.3, -0.25) is 4.79 Å². The molecule has 0 spiro atoms. The molecule has 0 atom stereocenters. The number of primary amides is 1. The van der Waals surface area contributed by atoms with E-state index < -0.39 is 11.7 Å². The topological polar surface area (TPSA) is 95.9 Å². The number of alkyl halides is 3. The number of carbonyl (C=O) groups is 1. The molecule has 1 aliphatic carbocycles. The quantitative estimate of drug-likeness (QED) is 0.809. The van der Waals surface area contributed by atoms with Crippen molar-refractivity contribution >= 4 is 5.91 Å². The summed E-state index contributed by atoms with van der Waals surface area (Å²) in [4.78, 5) is 14.9. The van der Waals surface area contributed by atoms with Crippen molar-refractivity contribution in [2.24, 2.45) is 18.7 Å². The second kappa shape index (κ2) is 8.15. The number of ether oxygens (including phenoxy) is 1. The fourth-order valence-corrected chi connectivity index (χ4v) is 3.57. The predicted molar refractivity (Wildman–Crippen MR) is 93.1 cm³/mol. The fraction of sp³-hybridized carbons (Fsp3) is 0.556. The highest BCUT2D eigenvalue weighted by Crippen LogP contribution is 2.36. The Balaban J connectivity index is 1.61. The highest BCUT2D eigenvalue weighted by atomic mass is 19.4. The second-order valence-corrected chi connectivity index (χ2v) is 7.09. The molecule has 7 nitrogen and oxygen atoms in total. The van der Waals surface area contributed by atoms with Gasteiger partial charge in [-0.15, -0.1) is 10.2 Å². The molecule has 2 heterocycles. The van der Waals surface area contributed by atoms with Crippen LogP contribution in [-0.4, -0.2) is 25.7 Å². The van der Waals surface area contributed by atoms with Crippen LogP contribution in [0.5, 0.6) is 5.88 Å². The van der Waals surface area contributed by atoms with Crippen molar-refractivity contribution in [3.63, 3.8) is 0 Å². The molecular weight excluding hydrogens is 375 g/mol. The van der Waals surface area contributed by atoms with Gasteiger partial charge >= 0.3 is 6.18 Å². The van der Waals surface area contributed by atoms with E-state index in [0.717, 1.165) is 49.8 Å². The molecular formula is C18H22F3N5O2. The normalized spacial score (nSPS) is 20.1. The number of rotatable bonds is 6. The number of nitrogens with two attached hydrogens (primary N) is 1. The average Bonchev–Trinajstić information content (AvgIpc) is 3.00. The molecule has 1 fully saturated rings. The van der Waals surface area contributed by atoms with E-state index in [-0.39, 0.29) is 24.3 Å². The molecule has 2 aromatic heterocycles. The van der Waals surface area contributed by atoms with Crippen LogP contribution in [0.1, 0.15) is 55.2 Å². The molecule has 1 aliphatic rings. The van der Waals surface area contributed by atoms with Gasteiger partial charge in [0.15, 0.2) is 5.82 Å². The lowest BCUT2D eigenvalue weighted by Crippen LogP contribution is -2.21. The Hall–Kier alpha value is -2.65. The minimum atomic E-state index is -4.45. The summed E-state index contributed by atoms with van der Waals surface area (Å²) in [5, 5.41) is 8.34. The predicted octanol–water partition coefficient (Wildman–Crippen LogP) is 2.96. The zero-order chi connectivity index (χ0) is 20.3. The smallest absolute Gasteiger partial charge is 0.416 e. The summed E-state index contributed by atoms with van der Waals surface area (Å²) >= 11 is 0. The third-order valence-electron chi connectivity index (χ3n) is 5.11. The van der Waals surface area contributed by atoms with Crippen LogP contribution in [0.2, 0.25) is 0 Å². The Morgan fingerprint density at radius 1 is 1.29 bits per heavy atom. The number of aromatic nitrogens is 4. The number of hydrogen-bond donors (Lipinski definition) is 1. The van der Waals surface area contributed by atoms with Gasteiger partial charge in [0.05, 0.1) is 5.56 Å². The van der Waals surface area contributed by atoms with E-state index in [2.05, 4.69) is 15.2 Å². The van der Waals surface area contributed by atoms with Crippen molar-refractivity contribution in [3.8, 4) is 5.88 Å². The van der Waals surface area contributed by atoms with Crippen LogP contribution in [0.4, 0.5) is 13.2 Å². The Morgan fingerprint density at radius 3 is 2.64 bits per heavy atom. The Kier molecular flexibility index (Phi) is 5.85. The molecule has 0 saturated heterocycles. The van der Waals surface area contributed by atoms with E-state index in [1.54, 1.807) is 0 Å². The molecule has 1 saturated carbocycles. The largest absolute Gasteiger partial charge is 0.469 e. The van der Waals surface area contributed by atoms with Crippen LogP contribution < -0.4 is 10.5 Å². The SMILES string of the molecule is Cn1c(COc2cc(C(F)(F)F)ccn2)nnc1[C@H]1CC[C@H](CC(N)=O)CC1. The standard InChI is InChI=1S/C18H22F3N5O2/c1-26-15(10-28-16-9-13(6-7-23-16)18(19,20)21)24-25-17(26)12-4-2-11(3-5-12)8-14(22)27/h6-7,9,11-12H,2-5,8,10H2,1H3,(H2,22,27)/t11-,12-. The third kappa shape index (κ3) is 4.79. The lowest BCUT2D eigenvalue weighted by molar-refractivity contribution is -0.137. The van der Waals surface area contributed by atoms with Gasteiger partial charge in [0.2, 0.25) is 11.8 Å². The maximum absolute atomic E-state index is 12.8. The molecule has 2 N–H and O–H groups in total. The Bertz CT molecular complexity index is 829. The number of nitrogens with zero attached hydrogens (tertiary/aromatic N) is 4. The molecule has 0 radical (unpaired) electrons. The lowest BCUT2D eigenvalue weighted by atomic mass is 9.80. The number of hydrogen-bond acceptors (Lipinski definition) is 5. The van der Waals surface area contributed by atoms with Crippen LogP contribution >= 0.6 is 0 Å². The van der Waals surface area contributed by atoms with Crippen molar-refractivity contribution in [1.82, 2.24) is 19.7 Å². The van der Waals surface area contributed by atoms with E-state index in [9.17, 15) is 18.0 Å². The Labute approximate surface area is 160 Å². The van der Waals surface area contributed by atoms with Gasteiger partial charge in [0.1, 0.15) is 12.4 Å². The fourth-order valence-electron chi connectivity index (χ4n) is 3.57. The van der Waals surface area contributed by atoms with E-state index in [1.807, 2.05) is 11.6 Å². The first-order valence-corrected chi connectivity index (χ1v) is 9.06. The van der Waals surface area contributed by atoms with E-state index in [0.29, 0.717) is 18.2 Å². The van der Waals surface area contributed by atoms with E-state index in [1.165, 1.54) is 0 Å². The van der Waals surface area contributed by atoms with Crippen LogP contribution in [0.25, 0.3) is 0 Å². The molecule has 2 aromatic rings. The first kappa shape index (κ1) is 20.1. The molecule has 10 heteroatoms. The summed E-state index contributed by atoms with van der Waals surface area (Å²) in [6, 6.07) is 1.75. The molecule has 0 unspecified atom stereocenters. The van der Waals surface area contributed by atoms with Gasteiger partial charge in [0.25, 0.3) is 0 Å². The first-order chi connectivity index (χ1) is 13.2. The lowest BCUT2D eigenvalue weighted by Gasteiger charge is -2.27. The monoisotopic (exact) mass is 397 g/mol. The zero-order valence-electron chi connectivity index (χ0n) is 15.4. The summed E-state index contributed by atoms with van der Waals surface area (Å²) < 4.78 is 45.5. The van der Waals surface area contributed by atoms with Crippen molar-refractivity contribution in [2.45, 2.75) is 50.8 Å². The second-order valence-electron chi connectivity index (χ2n) is 7.09. The minimum Gasteiger partial charge on any atom is -0.469 e. The molecule has 0 aromatic carbocycles. The van der Waals surface area contributed by atoms with Crippen LogP contribution in [-0.2, 0) is 24.6 Å². The highest BCUT2D eigenvalue weighted by Gasteiger charge is 2.31. The van der Waals surface area contributed by atoms with Crippen molar-refractivity contribution in [2.75, 3.05) is 0 Å². The Morgan fingerprint density at radius 2 is 2.00 bits per heavy atom. The summed E-state index contributed by atoms with van der Waals surface area (Å²) in [5.41, 5.74) is 4.45. The number of halogens is 3. The molecule has 152 valence electrons. The molecule has 0 aliphatic heterocycles. The number of amides is 1. The number of pyridine rings is 1. The van der Waals surface area contributed by atoms with E-state index in [4.69, 9.17) is 10.5 Å². The van der Waals surface area contributed by atoms with Crippen molar-refractivity contribution in [1.29, 1.82) is 0 Å². The zero-order valence-corrected chi connectivity index (χ0v) is 15.4. The molecule has 0 bridgehead atoms. The van der Waals surface area contributed by atoms with Gasteiger partial charge in [-0.1, -0.05) is 0 Å². The highest BCUT2D eigenvalue weighted by molar-refractivity contribution is 5.73. The van der Waals surface area contributed by atoms with Crippen molar-refractivity contribution < 1.29 is 22.7 Å². The maximum Gasteiger partial charge on any atom is 0.416 e. The summed E-state index contributed by atoms with van der Waals surface area (Å²) in [7, 11) is 1.81. The molecule has 1 amide bonds. The third-order valence-corrected chi connectivity index (χ3v) is 5.11. The van der Waals surface area contributed by atoms with E-state index >= 15 is 0 Å². The van der Waals surface area contributed by atoms with Crippen LogP contribution in [0, 0.1) is 5.92 Å². The van der Waals surface area contributed by atoms with Crippen molar-refractivity contribution in [3.05, 3.63) is 35.5 Å². The molecule has 28 heavy (non-hydrogen) atoms. The average molecular weight is 397 g/mol. The summed E-state index contributed by atoms with van der Waals surface area (Å²) in [5.74, 6) is 1.47. The first-order valence-electron chi connectivity index (χ1n) is 9.06. The van der Waals surface area contributed by atoms with Gasteiger partial charge < -0.3 is 15.0 Å². The van der Waals surface area contributed by atoms with Gasteiger partial charge in [0, 0.05) is 31.6 Å². The van der Waals surface area contributed by atoms with Gasteiger partial charge in [-0.2, -0.15) is 13.2 Å². The maximum atomic E-state index is 12.8. The van der Waals surface area contributed by atoms with Gasteiger partial charge in [-0.25, -0.2) is 4.98 Å². The summed E-state index contributed by atoms with van der Waals surface area (Å²) in [6.07, 6.45) is 0.604.